The third kappa shape index (κ3) is 6.49. The van der Waals surface area contributed by atoms with E-state index in [1.165, 1.54) is 24.3 Å². The van der Waals surface area contributed by atoms with Crippen LogP contribution in [0.5, 0.6) is 0 Å². The zero-order chi connectivity index (χ0) is 41.7. The standard InChI is InChI=1S/C48H28N4O8/c53-45(54)34-13-5-1-9-30(34)38-23-29-22-27-18-17-25(49-27)21-26-19-20-28(50-26)24-39-40(31-10-2-6-14-35(31)46(55)56)41(32-11-3-7-15-36(32)47(57)58)44(52-39)42(43(38)51-29)33-12-4-8-16-37(33)48(59)60/h1-24H,(H,53,54)(H,55,56)(H,57,58)(H,59,60). The third-order valence-corrected chi connectivity index (χ3v) is 10.2. The molecule has 12 nitrogen and oxygen atoms in total. The molecule has 0 fully saturated rings. The Kier molecular flexibility index (Phi) is 9.06. The fourth-order valence-electron chi connectivity index (χ4n) is 7.69. The molecule has 5 aliphatic heterocycles. The maximum atomic E-state index is 13.2. The van der Waals surface area contributed by atoms with Crippen LogP contribution in [0.15, 0.2) is 188 Å². The molecule has 288 valence electrons. The van der Waals surface area contributed by atoms with Gasteiger partial charge in [-0.3, -0.25) is 0 Å². The van der Waals surface area contributed by atoms with Gasteiger partial charge >= 0.3 is 23.9 Å². The molecule has 0 aliphatic carbocycles. The van der Waals surface area contributed by atoms with Crippen molar-refractivity contribution in [2.45, 2.75) is 0 Å². The molecule has 0 radical (unpaired) electrons. The number of aromatic carboxylic acids is 4. The zero-order valence-corrected chi connectivity index (χ0v) is 31.1. The van der Waals surface area contributed by atoms with Gasteiger partial charge in [-0.25, -0.2) is 39.1 Å². The minimum absolute atomic E-state index is 0.0525. The number of hydrogen-bond acceptors (Lipinski definition) is 8. The number of benzene rings is 4. The fourth-order valence-corrected chi connectivity index (χ4v) is 7.69. The van der Waals surface area contributed by atoms with Crippen LogP contribution >= 0.6 is 0 Å². The minimum atomic E-state index is -1.29. The van der Waals surface area contributed by atoms with E-state index in [1.54, 1.807) is 115 Å². The van der Waals surface area contributed by atoms with Crippen LogP contribution < -0.4 is 0 Å². The monoisotopic (exact) mass is 788 g/mol. The van der Waals surface area contributed by atoms with Gasteiger partial charge in [0.25, 0.3) is 0 Å². The van der Waals surface area contributed by atoms with E-state index in [-0.39, 0.29) is 78.3 Å². The molecule has 0 saturated carbocycles. The normalized spacial score (nSPS) is 16.4. The van der Waals surface area contributed by atoms with Gasteiger partial charge in [-0.05, 0) is 89.6 Å². The summed E-state index contributed by atoms with van der Waals surface area (Å²) < 4.78 is 0. The number of aliphatic imine (C=N–C) groups is 4. The van der Waals surface area contributed by atoms with Crippen LogP contribution in [0.3, 0.4) is 0 Å². The Morgan fingerprint density at radius 3 is 1.32 bits per heavy atom. The van der Waals surface area contributed by atoms with Gasteiger partial charge in [-0.1, -0.05) is 72.8 Å². The van der Waals surface area contributed by atoms with Crippen molar-refractivity contribution in [3.8, 4) is 0 Å². The molecule has 60 heavy (non-hydrogen) atoms. The molecule has 4 aromatic rings. The van der Waals surface area contributed by atoms with Crippen molar-refractivity contribution in [3.63, 3.8) is 0 Å². The molecule has 0 aromatic heterocycles. The summed E-state index contributed by atoms with van der Waals surface area (Å²) in [4.78, 5) is 71.9. The van der Waals surface area contributed by atoms with Gasteiger partial charge in [0.15, 0.2) is 0 Å². The largest absolute Gasteiger partial charge is 0.478 e. The van der Waals surface area contributed by atoms with Gasteiger partial charge in [-0.15, -0.1) is 0 Å². The first-order valence-electron chi connectivity index (χ1n) is 18.4. The van der Waals surface area contributed by atoms with E-state index in [1.807, 2.05) is 6.08 Å². The van der Waals surface area contributed by atoms with Crippen LogP contribution in [-0.2, 0) is 0 Å². The zero-order valence-electron chi connectivity index (χ0n) is 31.1. The van der Waals surface area contributed by atoms with E-state index in [2.05, 4.69) is 0 Å². The highest BCUT2D eigenvalue weighted by molar-refractivity contribution is 6.51. The number of carboxylic acids is 4. The van der Waals surface area contributed by atoms with E-state index in [0.29, 0.717) is 34.1 Å². The van der Waals surface area contributed by atoms with Crippen molar-refractivity contribution < 1.29 is 39.6 Å². The van der Waals surface area contributed by atoms with Crippen molar-refractivity contribution in [1.29, 1.82) is 0 Å². The summed E-state index contributed by atoms with van der Waals surface area (Å²) in [5.74, 6) is -5.06. The lowest BCUT2D eigenvalue weighted by atomic mass is 9.82. The summed E-state index contributed by atoms with van der Waals surface area (Å²) in [7, 11) is 0. The Hall–Kier alpha value is -8.64. The quantitative estimate of drug-likeness (QED) is 0.136. The Balaban J connectivity index is 1.52. The van der Waals surface area contributed by atoms with Gasteiger partial charge in [0.05, 0.1) is 67.9 Å². The van der Waals surface area contributed by atoms with E-state index < -0.39 is 23.9 Å². The molecular weight excluding hydrogens is 761 g/mol. The van der Waals surface area contributed by atoms with Crippen LogP contribution in [0.4, 0.5) is 0 Å². The maximum Gasteiger partial charge on any atom is 0.336 e. The topological polar surface area (TPSA) is 199 Å². The molecule has 4 aromatic carbocycles. The Labute approximate surface area is 340 Å². The lowest BCUT2D eigenvalue weighted by Gasteiger charge is -2.20. The van der Waals surface area contributed by atoms with E-state index >= 15 is 0 Å². The highest BCUT2D eigenvalue weighted by atomic mass is 16.4. The summed E-state index contributed by atoms with van der Waals surface area (Å²) in [5.41, 5.74) is 3.89. The lowest BCUT2D eigenvalue weighted by Crippen LogP contribution is -2.13. The summed E-state index contributed by atoms with van der Waals surface area (Å²) in [6.07, 6.45) is 14.0. The van der Waals surface area contributed by atoms with Crippen molar-refractivity contribution >= 4 is 69.0 Å². The molecule has 5 aliphatic rings. The van der Waals surface area contributed by atoms with Crippen molar-refractivity contribution in [3.05, 3.63) is 213 Å². The van der Waals surface area contributed by atoms with Crippen LogP contribution in [0.1, 0.15) is 63.7 Å². The summed E-state index contributed by atoms with van der Waals surface area (Å²) in [6, 6.07) is 24.9. The summed E-state index contributed by atoms with van der Waals surface area (Å²) in [5, 5.41) is 42.4. The van der Waals surface area contributed by atoms with Crippen molar-refractivity contribution in [2.24, 2.45) is 20.0 Å². The molecule has 9 rings (SSSR count). The van der Waals surface area contributed by atoms with Gasteiger partial charge in [0, 0.05) is 27.9 Å². The maximum absolute atomic E-state index is 13.2. The number of nitrogens with zero attached hydrogens (tertiary/aromatic N) is 4. The molecule has 0 saturated heterocycles. The number of hydrogen-bond donors (Lipinski definition) is 4. The first-order chi connectivity index (χ1) is 29.0. The number of fused-ring (bicyclic) bond motifs is 4. The molecule has 0 atom stereocenters. The SMILES string of the molecule is O=C(O)c1ccccc1C1=CC2=CC3=NC(=CC4=NC(=CC5=NC(=C(c6ccccc6C(=O)O)C1=N2)C(c1ccccc1C(=O)O)=C5c1ccccc1C(=O)O)C=C4)C=C3. The number of rotatable bonds is 8. The minimum Gasteiger partial charge on any atom is -0.478 e. The number of carbonyl (C=O) groups is 4. The second-order valence-electron chi connectivity index (χ2n) is 13.8. The molecule has 12 heteroatoms. The molecule has 0 spiro atoms. The van der Waals surface area contributed by atoms with Gasteiger partial charge in [0.2, 0.25) is 0 Å². The first kappa shape index (κ1) is 37.0. The van der Waals surface area contributed by atoms with Gasteiger partial charge in [-0.2, -0.15) is 0 Å². The Morgan fingerprint density at radius 2 is 0.800 bits per heavy atom. The molecule has 4 N–H and O–H groups in total. The van der Waals surface area contributed by atoms with Crippen LogP contribution in [0.2, 0.25) is 0 Å². The molecule has 5 heterocycles. The average molecular weight is 789 g/mol. The van der Waals surface area contributed by atoms with E-state index in [9.17, 15) is 39.6 Å². The number of allylic oxidation sites excluding steroid dienone is 12. The predicted octanol–water partition coefficient (Wildman–Crippen LogP) is 8.48. The summed E-state index contributed by atoms with van der Waals surface area (Å²) >= 11 is 0. The molecular formula is C48H28N4O8. The second-order valence-corrected chi connectivity index (χ2v) is 13.8. The predicted molar refractivity (Wildman–Crippen MR) is 228 cm³/mol. The first-order valence-corrected chi connectivity index (χ1v) is 18.4. The van der Waals surface area contributed by atoms with Gasteiger partial charge < -0.3 is 20.4 Å². The Morgan fingerprint density at radius 1 is 0.383 bits per heavy atom. The van der Waals surface area contributed by atoms with Gasteiger partial charge in [0.1, 0.15) is 0 Å². The van der Waals surface area contributed by atoms with E-state index in [4.69, 9.17) is 20.0 Å². The summed E-state index contributed by atoms with van der Waals surface area (Å²) in [6.45, 7) is 0. The van der Waals surface area contributed by atoms with Crippen LogP contribution in [0, 0.1) is 0 Å². The molecule has 0 amide bonds. The second kappa shape index (κ2) is 14.7. The molecule has 8 bridgehead atoms. The fraction of sp³-hybridized carbons (Fsp3) is 0. The third-order valence-electron chi connectivity index (χ3n) is 10.2. The Bertz CT molecular complexity index is 3090. The number of carboxylic acid groups (broad SMARTS) is 4. The van der Waals surface area contributed by atoms with Crippen LogP contribution in [0.25, 0.3) is 22.3 Å². The highest BCUT2D eigenvalue weighted by Crippen LogP contribution is 2.48. The molecule has 0 unspecified atom stereocenters. The van der Waals surface area contributed by atoms with Crippen LogP contribution in [-0.4, -0.2) is 67.2 Å². The lowest BCUT2D eigenvalue weighted by molar-refractivity contribution is 0.0685. The smallest absolute Gasteiger partial charge is 0.336 e. The highest BCUT2D eigenvalue weighted by Gasteiger charge is 2.37. The average Bonchev–Trinajstić information content (AvgIpc) is 4.05. The van der Waals surface area contributed by atoms with Crippen molar-refractivity contribution in [1.82, 2.24) is 0 Å². The van der Waals surface area contributed by atoms with Crippen molar-refractivity contribution in [2.75, 3.05) is 0 Å². The van der Waals surface area contributed by atoms with E-state index in [0.717, 1.165) is 0 Å².